The molecule has 0 aliphatic heterocycles. The van der Waals surface area contributed by atoms with E-state index in [1.807, 2.05) is 0 Å². The van der Waals surface area contributed by atoms with Crippen LogP contribution >= 0.6 is 15.6 Å². The van der Waals surface area contributed by atoms with Gasteiger partial charge in [0.2, 0.25) is 0 Å². The van der Waals surface area contributed by atoms with E-state index in [-0.39, 0.29) is 25.7 Å². The molecule has 0 aromatic carbocycles. The lowest BCUT2D eigenvalue weighted by molar-refractivity contribution is -0.161. The smallest absolute Gasteiger partial charge is 0.462 e. The minimum absolute atomic E-state index is 0.108. The van der Waals surface area contributed by atoms with Gasteiger partial charge in [-0.1, -0.05) is 382 Å². The van der Waals surface area contributed by atoms with E-state index in [0.29, 0.717) is 25.7 Å². The molecular formula is C82H160O17P2. The Morgan fingerprint density at radius 2 is 0.505 bits per heavy atom. The number of aliphatic hydroxyl groups excluding tert-OH is 1. The summed E-state index contributed by atoms with van der Waals surface area (Å²) in [5, 5.41) is 10.7. The molecule has 19 heteroatoms. The van der Waals surface area contributed by atoms with Crippen LogP contribution in [0.4, 0.5) is 0 Å². The predicted octanol–water partition coefficient (Wildman–Crippen LogP) is 24.7. The average molecular weight is 1480 g/mol. The van der Waals surface area contributed by atoms with Gasteiger partial charge >= 0.3 is 39.5 Å². The first-order chi connectivity index (χ1) is 48.9. The Bertz CT molecular complexity index is 1940. The third-order valence-electron chi connectivity index (χ3n) is 19.6. The van der Waals surface area contributed by atoms with Crippen molar-refractivity contribution in [2.45, 2.75) is 452 Å². The summed E-state index contributed by atoms with van der Waals surface area (Å²) in [5.41, 5.74) is 0. The quantitative estimate of drug-likeness (QED) is 0.0222. The summed E-state index contributed by atoms with van der Waals surface area (Å²) in [6.45, 7) is 9.67. The van der Waals surface area contributed by atoms with Crippen LogP contribution in [0.1, 0.15) is 433 Å². The second-order valence-corrected chi connectivity index (χ2v) is 33.1. The Morgan fingerprint density at radius 3 is 0.752 bits per heavy atom. The largest absolute Gasteiger partial charge is 0.472 e. The normalized spacial score (nSPS) is 14.2. The Labute approximate surface area is 619 Å². The van der Waals surface area contributed by atoms with Crippen molar-refractivity contribution in [3.8, 4) is 0 Å². The standard InChI is InChI=1S/C82H160O17P2/c1-7-10-12-14-16-18-20-22-24-25-26-28-32-37-41-49-55-61-67-81(86)98-77(70-92-79(84)64-58-52-46-39-35-33-29-30-34-38-44-50-56-62-74(4)5)72-96-100(88,89)94-68-76(83)69-95-101(90,91)97-73-78(71-93-80(85)65-59-53-47-43-42-45-51-57-63-75(6)9-3)99-82(87)66-60-54-48-40-36-31-27-23-21-19-17-15-13-11-8-2/h74-78,83H,7-73H2,1-6H3,(H,88,89)(H,90,91)/t75?,76-,77-,78-/m1/s1. The zero-order valence-electron chi connectivity index (χ0n) is 66.2. The van der Waals surface area contributed by atoms with Crippen molar-refractivity contribution < 1.29 is 80.2 Å². The fraction of sp³-hybridized carbons (Fsp3) is 0.951. The van der Waals surface area contributed by atoms with Gasteiger partial charge in [0.05, 0.1) is 26.4 Å². The molecule has 0 fully saturated rings. The fourth-order valence-corrected chi connectivity index (χ4v) is 14.3. The Balaban J connectivity index is 5.27. The number of phosphoric ester groups is 2. The van der Waals surface area contributed by atoms with Crippen molar-refractivity contribution in [1.29, 1.82) is 0 Å². The van der Waals surface area contributed by atoms with Crippen molar-refractivity contribution in [2.75, 3.05) is 39.6 Å². The molecule has 0 saturated heterocycles. The van der Waals surface area contributed by atoms with Gasteiger partial charge in [0.1, 0.15) is 19.3 Å². The molecular weight excluding hydrogens is 1320 g/mol. The average Bonchev–Trinajstić information content (AvgIpc) is 1.10. The van der Waals surface area contributed by atoms with Gasteiger partial charge < -0.3 is 33.8 Å². The lowest BCUT2D eigenvalue weighted by atomic mass is 9.99. The van der Waals surface area contributed by atoms with E-state index in [9.17, 15) is 43.2 Å². The number of esters is 4. The van der Waals surface area contributed by atoms with Crippen molar-refractivity contribution in [3.63, 3.8) is 0 Å². The van der Waals surface area contributed by atoms with E-state index in [4.69, 9.17) is 37.0 Å². The van der Waals surface area contributed by atoms with Crippen LogP contribution in [0, 0.1) is 11.8 Å². The molecule has 0 radical (unpaired) electrons. The van der Waals surface area contributed by atoms with Gasteiger partial charge in [-0.3, -0.25) is 37.3 Å². The summed E-state index contributed by atoms with van der Waals surface area (Å²) in [7, 11) is -9.92. The number of carbonyl (C=O) groups is 4. The van der Waals surface area contributed by atoms with Gasteiger partial charge in [-0.25, -0.2) is 9.13 Å². The van der Waals surface area contributed by atoms with Crippen molar-refractivity contribution in [3.05, 3.63) is 0 Å². The molecule has 0 amide bonds. The number of aliphatic hydroxyl groups is 1. The second-order valence-electron chi connectivity index (χ2n) is 30.2. The molecule has 600 valence electrons. The number of carbonyl (C=O) groups excluding carboxylic acids is 4. The Hall–Kier alpha value is -1.94. The van der Waals surface area contributed by atoms with E-state index in [1.165, 1.54) is 250 Å². The summed E-state index contributed by atoms with van der Waals surface area (Å²) in [6, 6.07) is 0. The molecule has 3 unspecified atom stereocenters. The van der Waals surface area contributed by atoms with Crippen LogP contribution in [-0.2, 0) is 65.4 Å². The summed E-state index contributed by atoms with van der Waals surface area (Å²) in [5.74, 6) is -0.536. The van der Waals surface area contributed by atoms with Crippen LogP contribution in [0.25, 0.3) is 0 Å². The summed E-state index contributed by atoms with van der Waals surface area (Å²) in [6.07, 6.45) is 63.7. The Morgan fingerprint density at radius 1 is 0.287 bits per heavy atom. The summed E-state index contributed by atoms with van der Waals surface area (Å²) >= 11 is 0. The number of ether oxygens (including phenoxy) is 4. The van der Waals surface area contributed by atoms with Gasteiger partial charge in [-0.15, -0.1) is 0 Å². The van der Waals surface area contributed by atoms with Gasteiger partial charge in [0, 0.05) is 25.7 Å². The van der Waals surface area contributed by atoms with Gasteiger partial charge in [-0.05, 0) is 37.5 Å². The highest BCUT2D eigenvalue weighted by Gasteiger charge is 2.30. The monoisotopic (exact) mass is 1480 g/mol. The molecule has 0 aromatic rings. The first-order valence-electron chi connectivity index (χ1n) is 42.5. The molecule has 0 aliphatic rings. The highest BCUT2D eigenvalue weighted by atomic mass is 31.2. The van der Waals surface area contributed by atoms with Crippen molar-refractivity contribution in [1.82, 2.24) is 0 Å². The minimum Gasteiger partial charge on any atom is -0.462 e. The van der Waals surface area contributed by atoms with Gasteiger partial charge in [0.15, 0.2) is 12.2 Å². The number of phosphoric acid groups is 2. The zero-order chi connectivity index (χ0) is 74.2. The minimum atomic E-state index is -4.96. The van der Waals surface area contributed by atoms with Crippen molar-refractivity contribution >= 4 is 39.5 Å². The second kappa shape index (κ2) is 73.6. The molecule has 0 saturated carbocycles. The SMILES string of the molecule is CCCCCCCCCCCCCCCCCCCCC(=O)O[C@H](COC(=O)CCCCCCCCCCCCCCCC(C)C)COP(=O)(O)OC[C@@H](O)COP(=O)(O)OC[C@@H](COC(=O)CCCCCCCCCCC(C)CC)OC(=O)CCCCCCCCCCCCCCCCC. The van der Waals surface area contributed by atoms with Gasteiger partial charge in [-0.2, -0.15) is 0 Å². The van der Waals surface area contributed by atoms with Crippen LogP contribution in [-0.4, -0.2) is 96.7 Å². The Kier molecular flexibility index (Phi) is 72.2. The maximum atomic E-state index is 13.1. The molecule has 17 nitrogen and oxygen atoms in total. The molecule has 0 rings (SSSR count). The number of rotatable bonds is 81. The van der Waals surface area contributed by atoms with Crippen molar-refractivity contribution in [2.24, 2.45) is 11.8 Å². The van der Waals surface area contributed by atoms with E-state index in [1.54, 1.807) is 0 Å². The van der Waals surface area contributed by atoms with Gasteiger partial charge in [0.25, 0.3) is 0 Å². The summed E-state index contributed by atoms with van der Waals surface area (Å²) < 4.78 is 68.8. The highest BCUT2D eigenvalue weighted by Crippen LogP contribution is 2.45. The summed E-state index contributed by atoms with van der Waals surface area (Å²) in [4.78, 5) is 73.1. The lowest BCUT2D eigenvalue weighted by Gasteiger charge is -2.21. The predicted molar refractivity (Wildman–Crippen MR) is 414 cm³/mol. The molecule has 0 spiro atoms. The van der Waals surface area contributed by atoms with Crippen LogP contribution in [0.15, 0.2) is 0 Å². The maximum Gasteiger partial charge on any atom is 0.472 e. The molecule has 6 atom stereocenters. The fourth-order valence-electron chi connectivity index (χ4n) is 12.7. The molecule has 0 aromatic heterocycles. The van der Waals surface area contributed by atoms with Crippen LogP contribution < -0.4 is 0 Å². The third-order valence-corrected chi connectivity index (χ3v) is 21.5. The number of hydrogen-bond donors (Lipinski definition) is 3. The van der Waals surface area contributed by atoms with E-state index < -0.39 is 97.5 Å². The molecule has 3 N–H and O–H groups in total. The third kappa shape index (κ3) is 74.7. The first-order valence-corrected chi connectivity index (χ1v) is 45.5. The number of hydrogen-bond acceptors (Lipinski definition) is 15. The zero-order valence-corrected chi connectivity index (χ0v) is 68.0. The molecule has 101 heavy (non-hydrogen) atoms. The number of unbranched alkanes of at least 4 members (excludes halogenated alkanes) is 50. The molecule has 0 bridgehead atoms. The lowest BCUT2D eigenvalue weighted by Crippen LogP contribution is -2.30. The van der Waals surface area contributed by atoms with Crippen LogP contribution in [0.3, 0.4) is 0 Å². The topological polar surface area (TPSA) is 237 Å². The van der Waals surface area contributed by atoms with E-state index in [0.717, 1.165) is 102 Å². The van der Waals surface area contributed by atoms with Crippen LogP contribution in [0.5, 0.6) is 0 Å². The van der Waals surface area contributed by atoms with E-state index in [2.05, 4.69) is 41.5 Å². The molecule has 0 aliphatic carbocycles. The van der Waals surface area contributed by atoms with Crippen LogP contribution in [0.2, 0.25) is 0 Å². The van der Waals surface area contributed by atoms with E-state index >= 15 is 0 Å². The molecule has 0 heterocycles. The maximum absolute atomic E-state index is 13.1. The first kappa shape index (κ1) is 99.1. The highest BCUT2D eigenvalue weighted by molar-refractivity contribution is 7.47.